The molecule has 3 heterocycles. The van der Waals surface area contributed by atoms with Crippen LogP contribution in [0.25, 0.3) is 0 Å². The van der Waals surface area contributed by atoms with E-state index in [1.54, 1.807) is 17.8 Å². The number of piperidine rings is 1. The molecule has 0 aliphatic carbocycles. The van der Waals surface area contributed by atoms with Crippen molar-refractivity contribution in [1.82, 2.24) is 4.90 Å². The maximum Gasteiger partial charge on any atom is 0.303 e. The van der Waals surface area contributed by atoms with Gasteiger partial charge in [-0.15, -0.1) is 11.8 Å². The lowest BCUT2D eigenvalue weighted by Crippen LogP contribution is -2.51. The van der Waals surface area contributed by atoms with E-state index in [2.05, 4.69) is 4.99 Å². The van der Waals surface area contributed by atoms with Crippen molar-refractivity contribution in [3.05, 3.63) is 29.6 Å². The van der Waals surface area contributed by atoms with Gasteiger partial charge in [0.25, 0.3) is 5.91 Å². The standard InChI is InChI=1S/C28H33FN4O6S/c1-16-31-22-14-33(15-25(22)40-16)28(37)27(39-18(3)35)26(38-17(2)34)24(36)7-4-19-8-10-32(11-9-19)23-6-5-21(29)12-20(23)13-30/h5-6,12,19,22,25-27H,4,7-11,14-15H2,1-3H3/t22?,25?,26-,27+/m0/s1. The number of amides is 1. The number of carbonyl (C=O) groups is 4. The SMILES string of the molecule is CC(=O)O[C@@H](C(=O)CCC1CCN(c2ccc(F)cc2C#N)CC1)[C@@H](OC(C)=O)C(=O)N1CC2N=C(C)SC2C1. The average Bonchev–Trinajstić information content (AvgIpc) is 3.46. The number of ketones is 1. The van der Waals surface area contributed by atoms with Crippen molar-refractivity contribution >= 4 is 46.1 Å². The van der Waals surface area contributed by atoms with E-state index in [1.165, 1.54) is 17.0 Å². The molecule has 2 saturated heterocycles. The van der Waals surface area contributed by atoms with Gasteiger partial charge in [-0.2, -0.15) is 5.26 Å². The number of ether oxygens (including phenoxy) is 2. The van der Waals surface area contributed by atoms with Gasteiger partial charge in [0.05, 0.1) is 27.6 Å². The number of likely N-dealkylation sites (tertiary alicyclic amines) is 1. The van der Waals surface area contributed by atoms with Crippen LogP contribution in [0.4, 0.5) is 10.1 Å². The minimum Gasteiger partial charge on any atom is -0.450 e. The summed E-state index contributed by atoms with van der Waals surface area (Å²) in [6, 6.07) is 6.14. The van der Waals surface area contributed by atoms with Gasteiger partial charge in [0.15, 0.2) is 5.78 Å². The molecule has 10 nitrogen and oxygen atoms in total. The third-order valence-electron chi connectivity index (χ3n) is 7.47. The van der Waals surface area contributed by atoms with Crippen molar-refractivity contribution in [3.63, 3.8) is 0 Å². The van der Waals surface area contributed by atoms with E-state index in [1.807, 2.05) is 17.9 Å². The molecule has 1 aromatic carbocycles. The summed E-state index contributed by atoms with van der Waals surface area (Å²) in [5, 5.41) is 10.4. The van der Waals surface area contributed by atoms with Crippen LogP contribution in [0.2, 0.25) is 0 Å². The van der Waals surface area contributed by atoms with Crippen molar-refractivity contribution in [1.29, 1.82) is 5.26 Å². The fourth-order valence-corrected chi connectivity index (χ4v) is 6.75. The van der Waals surface area contributed by atoms with E-state index in [-0.39, 0.29) is 29.2 Å². The van der Waals surface area contributed by atoms with Gasteiger partial charge in [-0.3, -0.25) is 24.2 Å². The summed E-state index contributed by atoms with van der Waals surface area (Å²) in [7, 11) is 0. The highest BCUT2D eigenvalue weighted by Gasteiger charge is 2.46. The second-order valence-electron chi connectivity index (χ2n) is 10.4. The van der Waals surface area contributed by atoms with Crippen LogP contribution in [0.3, 0.4) is 0 Å². The zero-order valence-electron chi connectivity index (χ0n) is 22.8. The Labute approximate surface area is 236 Å². The summed E-state index contributed by atoms with van der Waals surface area (Å²) >= 11 is 1.59. The minimum atomic E-state index is -1.56. The molecule has 0 aromatic heterocycles. The highest BCUT2D eigenvalue weighted by molar-refractivity contribution is 8.14. The first-order valence-corrected chi connectivity index (χ1v) is 14.2. The van der Waals surface area contributed by atoms with Crippen LogP contribution < -0.4 is 4.90 Å². The number of carbonyl (C=O) groups excluding carboxylic acids is 4. The third-order valence-corrected chi connectivity index (χ3v) is 8.69. The third kappa shape index (κ3) is 6.99. The Morgan fingerprint density at radius 2 is 1.80 bits per heavy atom. The number of nitriles is 1. The molecule has 4 rings (SSSR count). The average molecular weight is 573 g/mol. The largest absolute Gasteiger partial charge is 0.450 e. The molecule has 214 valence electrons. The van der Waals surface area contributed by atoms with Gasteiger partial charge < -0.3 is 19.3 Å². The van der Waals surface area contributed by atoms with Crippen molar-refractivity contribution in [2.45, 2.75) is 70.0 Å². The Bertz CT molecular complexity index is 1240. The van der Waals surface area contributed by atoms with E-state index >= 15 is 0 Å². The molecule has 1 aromatic rings. The summed E-state index contributed by atoms with van der Waals surface area (Å²) < 4.78 is 24.1. The van der Waals surface area contributed by atoms with E-state index in [9.17, 15) is 28.8 Å². The first kappa shape index (κ1) is 29.5. The zero-order valence-corrected chi connectivity index (χ0v) is 23.6. The van der Waals surface area contributed by atoms with Crippen LogP contribution in [0.5, 0.6) is 0 Å². The summed E-state index contributed by atoms with van der Waals surface area (Å²) in [6.07, 6.45) is -1.07. The Hall–Kier alpha value is -3.46. The first-order valence-electron chi connectivity index (χ1n) is 13.4. The number of halogens is 1. The normalized spacial score (nSPS) is 22.1. The van der Waals surface area contributed by atoms with E-state index in [0.717, 1.165) is 31.7 Å². The summed E-state index contributed by atoms with van der Waals surface area (Å²) in [6.45, 7) is 6.22. The fraction of sp³-hybridized carbons (Fsp3) is 0.571. The van der Waals surface area contributed by atoms with Crippen LogP contribution >= 0.6 is 11.8 Å². The molecule has 0 N–H and O–H groups in total. The summed E-state index contributed by atoms with van der Waals surface area (Å²) in [4.78, 5) is 58.8. The van der Waals surface area contributed by atoms with Crippen molar-refractivity contribution in [3.8, 4) is 6.07 Å². The summed E-state index contributed by atoms with van der Waals surface area (Å²) in [5.74, 6) is -2.84. The molecule has 0 spiro atoms. The molecular weight excluding hydrogens is 539 g/mol. The number of hydrogen-bond acceptors (Lipinski definition) is 10. The highest BCUT2D eigenvalue weighted by Crippen LogP contribution is 2.34. The van der Waals surface area contributed by atoms with Crippen molar-refractivity contribution < 1.29 is 33.0 Å². The molecule has 3 aliphatic rings. The lowest BCUT2D eigenvalue weighted by molar-refractivity contribution is -0.177. The molecule has 0 bridgehead atoms. The maximum atomic E-state index is 13.5. The number of benzene rings is 1. The van der Waals surface area contributed by atoms with Gasteiger partial charge in [-0.05, 0) is 50.3 Å². The molecule has 2 fully saturated rings. The number of fused-ring (bicyclic) bond motifs is 1. The summed E-state index contributed by atoms with van der Waals surface area (Å²) in [5.41, 5.74) is 0.961. The molecule has 12 heteroatoms. The number of rotatable bonds is 9. The molecule has 4 atom stereocenters. The first-order chi connectivity index (χ1) is 19.0. The number of esters is 2. The van der Waals surface area contributed by atoms with Crippen LogP contribution in [-0.2, 0) is 28.7 Å². The predicted octanol–water partition coefficient (Wildman–Crippen LogP) is 2.87. The van der Waals surface area contributed by atoms with Gasteiger partial charge in [-0.25, -0.2) is 4.39 Å². The van der Waals surface area contributed by atoms with Gasteiger partial charge in [0.2, 0.25) is 12.2 Å². The lowest BCUT2D eigenvalue weighted by Gasteiger charge is -2.34. The van der Waals surface area contributed by atoms with Crippen LogP contribution in [0.1, 0.15) is 52.0 Å². The second-order valence-corrected chi connectivity index (χ2v) is 11.8. The highest BCUT2D eigenvalue weighted by atomic mass is 32.2. The Balaban J connectivity index is 1.38. The van der Waals surface area contributed by atoms with Gasteiger partial charge in [0.1, 0.15) is 11.9 Å². The molecular formula is C28H33FN4O6S. The quantitative estimate of drug-likeness (QED) is 0.410. The number of hydrogen-bond donors (Lipinski definition) is 0. The van der Waals surface area contributed by atoms with Crippen molar-refractivity contribution in [2.75, 3.05) is 31.1 Å². The smallest absolute Gasteiger partial charge is 0.303 e. The zero-order chi connectivity index (χ0) is 29.0. The van der Waals surface area contributed by atoms with Crippen LogP contribution in [-0.4, -0.2) is 83.3 Å². The number of thioether (sulfide) groups is 1. The van der Waals surface area contributed by atoms with Crippen LogP contribution in [0.15, 0.2) is 23.2 Å². The molecule has 2 unspecified atom stereocenters. The predicted molar refractivity (Wildman–Crippen MR) is 146 cm³/mol. The minimum absolute atomic E-state index is 0.0399. The van der Waals surface area contributed by atoms with Gasteiger partial charge >= 0.3 is 11.9 Å². The Morgan fingerprint density at radius 1 is 1.12 bits per heavy atom. The number of nitrogens with zero attached hydrogens (tertiary/aromatic N) is 4. The lowest BCUT2D eigenvalue weighted by atomic mass is 9.89. The van der Waals surface area contributed by atoms with E-state index < -0.39 is 41.7 Å². The van der Waals surface area contributed by atoms with Crippen molar-refractivity contribution in [2.24, 2.45) is 10.9 Å². The second kappa shape index (κ2) is 12.8. The molecule has 1 amide bonds. The number of Topliss-reactive ketones (excluding diaryl/α,β-unsaturated/α-hetero) is 1. The van der Waals surface area contributed by atoms with E-state index in [4.69, 9.17) is 9.47 Å². The Morgan fingerprint density at radius 3 is 2.42 bits per heavy atom. The van der Waals surface area contributed by atoms with Gasteiger partial charge in [-0.1, -0.05) is 0 Å². The number of aliphatic imine (C=N–C) groups is 1. The molecule has 40 heavy (non-hydrogen) atoms. The van der Waals surface area contributed by atoms with Gasteiger partial charge in [0, 0.05) is 46.4 Å². The maximum absolute atomic E-state index is 13.5. The molecule has 3 aliphatic heterocycles. The molecule has 0 saturated carbocycles. The fourth-order valence-electron chi connectivity index (χ4n) is 5.56. The monoisotopic (exact) mass is 572 g/mol. The van der Waals surface area contributed by atoms with E-state index in [0.29, 0.717) is 38.3 Å². The topological polar surface area (TPSA) is 129 Å². The van der Waals surface area contributed by atoms with Crippen LogP contribution in [0, 0.1) is 23.1 Å². The number of anilines is 1. The Kier molecular flexibility index (Phi) is 9.45. The molecule has 0 radical (unpaired) electrons.